The molecule has 0 bridgehead atoms. The van der Waals surface area contributed by atoms with E-state index < -0.39 is 0 Å². The maximum atomic E-state index is 5.07. The quantitative estimate of drug-likeness (QED) is 0.154. The molecule has 0 N–H and O–H groups in total. The van der Waals surface area contributed by atoms with Gasteiger partial charge in [-0.1, -0.05) is 200 Å². The third-order valence-corrected chi connectivity index (χ3v) is 12.4. The first kappa shape index (κ1) is 36.2. The van der Waals surface area contributed by atoms with Gasteiger partial charge in [0.2, 0.25) is 0 Å². The van der Waals surface area contributed by atoms with Crippen LogP contribution in [-0.4, -0.2) is 19.9 Å². The summed E-state index contributed by atoms with van der Waals surface area (Å²) in [6, 6.07) is 76.2. The van der Waals surface area contributed by atoms with Gasteiger partial charge in [-0.15, -0.1) is 11.3 Å². The molecule has 0 atom stereocenters. The minimum Gasteiger partial charge on any atom is -0.228 e. The minimum atomic E-state index is 0.701. The standard InChI is InChI=1S/C56H36N4S/c1-5-15-39(16-6-1)48-35-49(40-17-7-2-8-18-40)59-56(58-48)44-31-27-38(28-32-44)46-34-33-45(53-47-23-13-14-24-52(47)61-54(46)53)37-25-29-42(30-26-37)51-36-50(41-19-9-3-10-20-41)57-55(60-51)43-21-11-4-12-22-43/h1-36H. The van der Waals surface area contributed by atoms with E-state index in [1.165, 1.54) is 31.3 Å². The zero-order valence-electron chi connectivity index (χ0n) is 33.0. The fourth-order valence-corrected chi connectivity index (χ4v) is 9.34. The Morgan fingerprint density at radius 2 is 0.623 bits per heavy atom. The molecule has 5 heteroatoms. The summed E-state index contributed by atoms with van der Waals surface area (Å²) in [5, 5.41) is 2.52. The smallest absolute Gasteiger partial charge is 0.160 e. The Morgan fingerprint density at radius 3 is 1.11 bits per heavy atom. The average Bonchev–Trinajstić information content (AvgIpc) is 3.75. The van der Waals surface area contributed by atoms with Crippen molar-refractivity contribution in [2.75, 3.05) is 0 Å². The van der Waals surface area contributed by atoms with Gasteiger partial charge < -0.3 is 0 Å². The lowest BCUT2D eigenvalue weighted by molar-refractivity contribution is 1.18. The summed E-state index contributed by atoms with van der Waals surface area (Å²) in [5.74, 6) is 1.41. The molecule has 0 radical (unpaired) electrons. The average molecular weight is 797 g/mol. The van der Waals surface area contributed by atoms with Crippen LogP contribution in [0.25, 0.3) is 110 Å². The number of aromatic nitrogens is 4. The van der Waals surface area contributed by atoms with Crippen molar-refractivity contribution in [2.24, 2.45) is 0 Å². The van der Waals surface area contributed by atoms with Crippen LogP contribution in [0.1, 0.15) is 0 Å². The molecule has 3 heterocycles. The van der Waals surface area contributed by atoms with E-state index in [1.807, 2.05) is 84.1 Å². The molecule has 0 saturated heterocycles. The topological polar surface area (TPSA) is 51.6 Å². The van der Waals surface area contributed by atoms with Gasteiger partial charge in [-0.2, -0.15) is 0 Å². The molecule has 0 amide bonds. The van der Waals surface area contributed by atoms with E-state index in [0.29, 0.717) is 11.6 Å². The summed E-state index contributed by atoms with van der Waals surface area (Å²) in [4.78, 5) is 20.2. The van der Waals surface area contributed by atoms with Gasteiger partial charge in [-0.25, -0.2) is 19.9 Å². The van der Waals surface area contributed by atoms with Crippen molar-refractivity contribution >= 4 is 31.5 Å². The Bertz CT molecular complexity index is 3200. The van der Waals surface area contributed by atoms with Crippen LogP contribution in [-0.2, 0) is 0 Å². The number of thiophene rings is 1. The van der Waals surface area contributed by atoms with E-state index in [9.17, 15) is 0 Å². The van der Waals surface area contributed by atoms with Gasteiger partial charge >= 0.3 is 0 Å². The van der Waals surface area contributed by atoms with Crippen LogP contribution in [0.2, 0.25) is 0 Å². The molecule has 61 heavy (non-hydrogen) atoms. The molecule has 11 aromatic rings. The van der Waals surface area contributed by atoms with E-state index >= 15 is 0 Å². The molecule has 4 nitrogen and oxygen atoms in total. The Morgan fingerprint density at radius 1 is 0.279 bits per heavy atom. The zero-order chi connectivity index (χ0) is 40.5. The molecular weight excluding hydrogens is 761 g/mol. The Labute approximate surface area is 358 Å². The number of rotatable bonds is 8. The van der Waals surface area contributed by atoms with Crippen molar-refractivity contribution in [2.45, 2.75) is 0 Å². The molecule has 0 spiro atoms. The maximum absolute atomic E-state index is 5.07. The SMILES string of the molecule is c1ccc(-c2cc(-c3ccc(-c4ccc(-c5ccc(-c6nc(-c7ccccc7)cc(-c7ccccc7)n6)cc5)c5sc6ccccc6c45)cc3)nc(-c3ccccc3)n2)cc1. The third kappa shape index (κ3) is 7.07. The van der Waals surface area contributed by atoms with E-state index in [2.05, 4.69) is 146 Å². The van der Waals surface area contributed by atoms with Gasteiger partial charge in [0.1, 0.15) is 0 Å². The first-order chi connectivity index (χ1) is 30.2. The van der Waals surface area contributed by atoms with Crippen LogP contribution in [0.5, 0.6) is 0 Å². The molecule has 0 fully saturated rings. The number of hydrogen-bond donors (Lipinski definition) is 0. The fraction of sp³-hybridized carbons (Fsp3) is 0. The second kappa shape index (κ2) is 15.7. The Balaban J connectivity index is 0.971. The summed E-state index contributed by atoms with van der Waals surface area (Å²) in [7, 11) is 0. The molecule has 8 aromatic carbocycles. The van der Waals surface area contributed by atoms with E-state index in [0.717, 1.165) is 67.3 Å². The van der Waals surface area contributed by atoms with E-state index in [-0.39, 0.29) is 0 Å². The lowest BCUT2D eigenvalue weighted by Gasteiger charge is -2.12. The van der Waals surface area contributed by atoms with Crippen LogP contribution in [0.4, 0.5) is 0 Å². The molecule has 0 saturated carbocycles. The molecule has 0 aliphatic rings. The number of hydrogen-bond acceptors (Lipinski definition) is 5. The first-order valence-corrected chi connectivity index (χ1v) is 21.2. The minimum absolute atomic E-state index is 0.701. The highest BCUT2D eigenvalue weighted by atomic mass is 32.1. The molecule has 286 valence electrons. The van der Waals surface area contributed by atoms with Crippen molar-refractivity contribution in [1.82, 2.24) is 19.9 Å². The van der Waals surface area contributed by atoms with Gasteiger partial charge in [0, 0.05) is 53.6 Å². The summed E-state index contributed by atoms with van der Waals surface area (Å²) < 4.78 is 2.53. The largest absolute Gasteiger partial charge is 0.228 e. The van der Waals surface area contributed by atoms with Gasteiger partial charge in [0.25, 0.3) is 0 Å². The molecular formula is C56H36N4S. The number of nitrogens with zero attached hydrogens (tertiary/aromatic N) is 4. The molecule has 11 rings (SSSR count). The number of fused-ring (bicyclic) bond motifs is 3. The predicted molar refractivity (Wildman–Crippen MR) is 254 cm³/mol. The van der Waals surface area contributed by atoms with Crippen molar-refractivity contribution in [3.63, 3.8) is 0 Å². The normalized spacial score (nSPS) is 11.3. The lowest BCUT2D eigenvalue weighted by Crippen LogP contribution is -1.96. The highest BCUT2D eigenvalue weighted by Gasteiger charge is 2.18. The second-order valence-corrected chi connectivity index (χ2v) is 16.1. The van der Waals surface area contributed by atoms with Gasteiger partial charge in [0.15, 0.2) is 11.6 Å². The predicted octanol–water partition coefficient (Wildman–Crippen LogP) is 15.0. The monoisotopic (exact) mass is 796 g/mol. The van der Waals surface area contributed by atoms with Crippen LogP contribution in [0.3, 0.4) is 0 Å². The van der Waals surface area contributed by atoms with Gasteiger partial charge in [0.05, 0.1) is 22.8 Å². The summed E-state index contributed by atoms with van der Waals surface area (Å²) >= 11 is 1.85. The van der Waals surface area contributed by atoms with Crippen molar-refractivity contribution in [1.29, 1.82) is 0 Å². The van der Waals surface area contributed by atoms with Crippen molar-refractivity contribution in [3.05, 3.63) is 218 Å². The maximum Gasteiger partial charge on any atom is 0.160 e. The van der Waals surface area contributed by atoms with Crippen LogP contribution < -0.4 is 0 Å². The Hall–Kier alpha value is -7.86. The molecule has 3 aromatic heterocycles. The zero-order valence-corrected chi connectivity index (χ0v) is 33.8. The Kier molecular flexibility index (Phi) is 9.34. The summed E-state index contributed by atoms with van der Waals surface area (Å²) in [6.45, 7) is 0. The molecule has 0 unspecified atom stereocenters. The van der Waals surface area contributed by atoms with E-state index in [4.69, 9.17) is 19.9 Å². The van der Waals surface area contributed by atoms with Gasteiger partial charge in [-0.05, 0) is 40.5 Å². The van der Waals surface area contributed by atoms with E-state index in [1.54, 1.807) is 0 Å². The first-order valence-electron chi connectivity index (χ1n) is 20.4. The van der Waals surface area contributed by atoms with Crippen LogP contribution in [0, 0.1) is 0 Å². The second-order valence-electron chi connectivity index (χ2n) is 15.0. The fourth-order valence-electron chi connectivity index (χ4n) is 8.07. The summed E-state index contributed by atoms with van der Waals surface area (Å²) in [5.41, 5.74) is 14.5. The van der Waals surface area contributed by atoms with Gasteiger partial charge in [-0.3, -0.25) is 0 Å². The number of benzene rings is 8. The highest BCUT2D eigenvalue weighted by Crippen LogP contribution is 2.45. The highest BCUT2D eigenvalue weighted by molar-refractivity contribution is 7.26. The summed E-state index contributed by atoms with van der Waals surface area (Å²) in [6.07, 6.45) is 0. The lowest BCUT2D eigenvalue weighted by atomic mass is 9.94. The van der Waals surface area contributed by atoms with Crippen LogP contribution in [0.15, 0.2) is 218 Å². The molecule has 0 aliphatic carbocycles. The molecule has 0 aliphatic heterocycles. The van der Waals surface area contributed by atoms with Crippen LogP contribution >= 0.6 is 11.3 Å². The van der Waals surface area contributed by atoms with Crippen molar-refractivity contribution in [3.8, 4) is 90.1 Å². The third-order valence-electron chi connectivity index (χ3n) is 11.2. The van der Waals surface area contributed by atoms with Crippen molar-refractivity contribution < 1.29 is 0 Å².